The Bertz CT molecular complexity index is 198. The molecule has 0 bridgehead atoms. The molecule has 0 fully saturated rings. The molecule has 0 aromatic carbocycles. The van der Waals surface area contributed by atoms with E-state index < -0.39 is 0 Å². The van der Waals surface area contributed by atoms with Crippen LogP contribution in [0.5, 0.6) is 0 Å². The average Bonchev–Trinajstić information content (AvgIpc) is 2.15. The number of rotatable bonds is 3. The maximum absolute atomic E-state index is 10.6. The number of hydrogen-bond donors (Lipinski definition) is 1. The van der Waals surface area contributed by atoms with Gasteiger partial charge >= 0.3 is 5.97 Å². The van der Waals surface area contributed by atoms with Crippen molar-refractivity contribution >= 4 is 5.97 Å². The van der Waals surface area contributed by atoms with Gasteiger partial charge in [0, 0.05) is 19.4 Å². The molecule has 3 nitrogen and oxygen atoms in total. The fourth-order valence-corrected chi connectivity index (χ4v) is 1.58. The van der Waals surface area contributed by atoms with Crippen molar-refractivity contribution in [3.8, 4) is 0 Å². The number of aliphatic hydroxyl groups excluding tert-OH is 1. The van der Waals surface area contributed by atoms with E-state index in [1.807, 2.05) is 0 Å². The van der Waals surface area contributed by atoms with Crippen molar-refractivity contribution in [3.63, 3.8) is 0 Å². The predicted molar refractivity (Wildman–Crippen MR) is 49.1 cm³/mol. The Kier molecular flexibility index (Phi) is 3.96. The lowest BCUT2D eigenvalue weighted by molar-refractivity contribution is -0.143. The zero-order chi connectivity index (χ0) is 9.68. The van der Waals surface area contributed by atoms with Crippen molar-refractivity contribution in [1.82, 2.24) is 0 Å². The van der Waals surface area contributed by atoms with E-state index in [2.05, 4.69) is 12.2 Å². The summed E-state index contributed by atoms with van der Waals surface area (Å²) in [4.78, 5) is 10.6. The van der Waals surface area contributed by atoms with Gasteiger partial charge in [-0.1, -0.05) is 12.2 Å². The highest BCUT2D eigenvalue weighted by Gasteiger charge is 2.22. The van der Waals surface area contributed by atoms with Crippen LogP contribution in [0.25, 0.3) is 0 Å². The second-order valence-corrected chi connectivity index (χ2v) is 3.45. The van der Waals surface area contributed by atoms with E-state index in [1.165, 1.54) is 6.92 Å². The topological polar surface area (TPSA) is 46.5 Å². The summed E-state index contributed by atoms with van der Waals surface area (Å²) in [6, 6.07) is 0. The molecular weight excluding hydrogens is 168 g/mol. The highest BCUT2D eigenvalue weighted by Crippen LogP contribution is 2.25. The van der Waals surface area contributed by atoms with Gasteiger partial charge in [0.05, 0.1) is 6.61 Å². The molecule has 0 radical (unpaired) electrons. The molecule has 0 amide bonds. The molecule has 0 heterocycles. The van der Waals surface area contributed by atoms with Crippen LogP contribution in [0.1, 0.15) is 19.8 Å². The normalized spacial score (nSPS) is 27.2. The fraction of sp³-hybridized carbons (Fsp3) is 0.700. The maximum Gasteiger partial charge on any atom is 0.302 e. The third-order valence-corrected chi connectivity index (χ3v) is 2.45. The quantitative estimate of drug-likeness (QED) is 0.528. The Morgan fingerprint density at radius 1 is 1.46 bits per heavy atom. The Balaban J connectivity index is 2.37. The molecule has 1 aliphatic rings. The Morgan fingerprint density at radius 2 is 2.08 bits per heavy atom. The van der Waals surface area contributed by atoms with Crippen LogP contribution in [-0.4, -0.2) is 24.3 Å². The van der Waals surface area contributed by atoms with E-state index in [1.54, 1.807) is 0 Å². The highest BCUT2D eigenvalue weighted by molar-refractivity contribution is 5.65. The number of allylic oxidation sites excluding steroid dienone is 2. The smallest absolute Gasteiger partial charge is 0.302 e. The molecule has 0 spiro atoms. The summed E-state index contributed by atoms with van der Waals surface area (Å²) in [7, 11) is 0. The Labute approximate surface area is 78.4 Å². The van der Waals surface area contributed by atoms with Crippen LogP contribution >= 0.6 is 0 Å². The molecule has 0 unspecified atom stereocenters. The van der Waals surface area contributed by atoms with Crippen LogP contribution in [0.15, 0.2) is 12.2 Å². The first-order chi connectivity index (χ1) is 6.24. The van der Waals surface area contributed by atoms with Crippen molar-refractivity contribution in [2.45, 2.75) is 19.8 Å². The summed E-state index contributed by atoms with van der Waals surface area (Å²) >= 11 is 0. The maximum atomic E-state index is 10.6. The number of ether oxygens (including phenoxy) is 1. The van der Waals surface area contributed by atoms with Crippen LogP contribution in [0.4, 0.5) is 0 Å². The molecular formula is C10H16O3. The summed E-state index contributed by atoms with van der Waals surface area (Å²) in [5, 5.41) is 9.05. The highest BCUT2D eigenvalue weighted by atomic mass is 16.5. The van der Waals surface area contributed by atoms with Crippen molar-refractivity contribution in [1.29, 1.82) is 0 Å². The molecule has 0 aliphatic heterocycles. The first-order valence-corrected chi connectivity index (χ1v) is 4.63. The van der Waals surface area contributed by atoms with Gasteiger partial charge in [0.15, 0.2) is 0 Å². The second kappa shape index (κ2) is 5.02. The number of aliphatic hydroxyl groups is 1. The zero-order valence-electron chi connectivity index (χ0n) is 7.90. The first-order valence-electron chi connectivity index (χ1n) is 4.63. The molecule has 1 aliphatic carbocycles. The van der Waals surface area contributed by atoms with Gasteiger partial charge in [-0.15, -0.1) is 0 Å². The van der Waals surface area contributed by atoms with Gasteiger partial charge in [0.2, 0.25) is 0 Å². The van der Waals surface area contributed by atoms with Crippen LogP contribution in [0.2, 0.25) is 0 Å². The van der Waals surface area contributed by atoms with Crippen LogP contribution < -0.4 is 0 Å². The molecule has 3 heteroatoms. The van der Waals surface area contributed by atoms with Gasteiger partial charge in [-0.2, -0.15) is 0 Å². The number of hydrogen-bond acceptors (Lipinski definition) is 3. The third kappa shape index (κ3) is 3.19. The van der Waals surface area contributed by atoms with E-state index in [-0.39, 0.29) is 18.5 Å². The summed E-state index contributed by atoms with van der Waals surface area (Å²) in [6.07, 6.45) is 5.95. The lowest BCUT2D eigenvalue weighted by Gasteiger charge is -2.26. The summed E-state index contributed by atoms with van der Waals surface area (Å²) in [6.45, 7) is 2.02. The van der Waals surface area contributed by atoms with Crippen molar-refractivity contribution in [2.75, 3.05) is 13.2 Å². The second-order valence-electron chi connectivity index (χ2n) is 3.45. The van der Waals surface area contributed by atoms with Gasteiger partial charge in [0.25, 0.3) is 0 Å². The molecule has 2 atom stereocenters. The van der Waals surface area contributed by atoms with E-state index in [0.29, 0.717) is 12.5 Å². The zero-order valence-corrected chi connectivity index (χ0v) is 7.90. The standard InChI is InChI=1S/C10H16O3/c1-8(12)13-7-10-5-3-2-4-9(10)6-11/h2-3,9-11H,4-7H2,1H3/t9-,10+/m1/s1. The lowest BCUT2D eigenvalue weighted by atomic mass is 9.84. The largest absolute Gasteiger partial charge is 0.466 e. The molecule has 1 N–H and O–H groups in total. The molecule has 13 heavy (non-hydrogen) atoms. The molecule has 0 aromatic rings. The molecule has 0 aromatic heterocycles. The van der Waals surface area contributed by atoms with Gasteiger partial charge in [-0.3, -0.25) is 4.79 Å². The number of carbonyl (C=O) groups is 1. The fourth-order valence-electron chi connectivity index (χ4n) is 1.58. The molecule has 0 saturated heterocycles. The van der Waals surface area contributed by atoms with Crippen LogP contribution in [0.3, 0.4) is 0 Å². The summed E-state index contributed by atoms with van der Waals surface area (Å²) < 4.78 is 4.93. The van der Waals surface area contributed by atoms with Crippen LogP contribution in [0, 0.1) is 11.8 Å². The van der Waals surface area contributed by atoms with Gasteiger partial charge in [-0.05, 0) is 18.8 Å². The SMILES string of the molecule is CC(=O)OC[C@@H]1CC=CC[C@@H]1CO. The van der Waals surface area contributed by atoms with Crippen molar-refractivity contribution < 1.29 is 14.6 Å². The monoisotopic (exact) mass is 184 g/mol. The van der Waals surface area contributed by atoms with Crippen LogP contribution in [-0.2, 0) is 9.53 Å². The minimum Gasteiger partial charge on any atom is -0.466 e. The first kappa shape index (κ1) is 10.3. The minimum atomic E-state index is -0.244. The van der Waals surface area contributed by atoms with Crippen molar-refractivity contribution in [3.05, 3.63) is 12.2 Å². The average molecular weight is 184 g/mol. The molecule has 74 valence electrons. The predicted octanol–water partition coefficient (Wildman–Crippen LogP) is 1.12. The summed E-state index contributed by atoms with van der Waals surface area (Å²) in [5.74, 6) is 0.300. The van der Waals surface area contributed by atoms with Gasteiger partial charge in [-0.25, -0.2) is 0 Å². The van der Waals surface area contributed by atoms with E-state index in [0.717, 1.165) is 12.8 Å². The third-order valence-electron chi connectivity index (χ3n) is 2.45. The number of esters is 1. The van der Waals surface area contributed by atoms with E-state index in [9.17, 15) is 4.79 Å². The van der Waals surface area contributed by atoms with E-state index in [4.69, 9.17) is 9.84 Å². The van der Waals surface area contributed by atoms with Gasteiger partial charge < -0.3 is 9.84 Å². The lowest BCUT2D eigenvalue weighted by Crippen LogP contribution is -2.25. The van der Waals surface area contributed by atoms with E-state index >= 15 is 0 Å². The minimum absolute atomic E-state index is 0.177. The van der Waals surface area contributed by atoms with Gasteiger partial charge in [0.1, 0.15) is 0 Å². The Hall–Kier alpha value is -0.830. The summed E-state index contributed by atoms with van der Waals surface area (Å²) in [5.41, 5.74) is 0. The molecule has 1 rings (SSSR count). The molecule has 0 saturated carbocycles. The Morgan fingerprint density at radius 3 is 2.62 bits per heavy atom. The number of carbonyl (C=O) groups excluding carboxylic acids is 1. The van der Waals surface area contributed by atoms with Crippen molar-refractivity contribution in [2.24, 2.45) is 11.8 Å².